The van der Waals surface area contributed by atoms with Crippen LogP contribution in [0.5, 0.6) is 11.5 Å². The Labute approximate surface area is 144 Å². The second kappa shape index (κ2) is 8.14. The molecule has 0 aliphatic rings. The molecular formula is C18H19FN2O4. The molecule has 132 valence electrons. The summed E-state index contributed by atoms with van der Waals surface area (Å²) < 4.78 is 23.9. The van der Waals surface area contributed by atoms with Gasteiger partial charge >= 0.3 is 0 Å². The van der Waals surface area contributed by atoms with Crippen molar-refractivity contribution in [3.05, 3.63) is 59.4 Å². The van der Waals surface area contributed by atoms with Gasteiger partial charge in [-0.2, -0.15) is 0 Å². The van der Waals surface area contributed by atoms with E-state index in [2.05, 4.69) is 10.9 Å². The van der Waals surface area contributed by atoms with Crippen LogP contribution in [-0.2, 0) is 0 Å². The predicted molar refractivity (Wildman–Crippen MR) is 90.1 cm³/mol. The van der Waals surface area contributed by atoms with Gasteiger partial charge in [-0.25, -0.2) is 4.39 Å². The summed E-state index contributed by atoms with van der Waals surface area (Å²) in [4.78, 5) is 24.0. The maximum absolute atomic E-state index is 13.1. The van der Waals surface area contributed by atoms with E-state index in [1.807, 2.05) is 13.8 Å². The van der Waals surface area contributed by atoms with Gasteiger partial charge in [0, 0.05) is 11.1 Å². The summed E-state index contributed by atoms with van der Waals surface area (Å²) in [5, 5.41) is 0. The number of halogens is 1. The van der Waals surface area contributed by atoms with Gasteiger partial charge in [-0.1, -0.05) is 6.07 Å². The summed E-state index contributed by atoms with van der Waals surface area (Å²) in [6.45, 7) is 3.75. The molecule has 2 aromatic rings. The number of rotatable bonds is 5. The lowest BCUT2D eigenvalue weighted by molar-refractivity contribution is 0.0846. The maximum Gasteiger partial charge on any atom is 0.269 e. The van der Waals surface area contributed by atoms with Gasteiger partial charge in [-0.05, 0) is 50.2 Å². The first-order valence-electron chi connectivity index (χ1n) is 7.61. The lowest BCUT2D eigenvalue weighted by Gasteiger charge is -2.14. The quantitative estimate of drug-likeness (QED) is 0.816. The van der Waals surface area contributed by atoms with Crippen LogP contribution in [0.3, 0.4) is 0 Å². The van der Waals surface area contributed by atoms with Gasteiger partial charge in [-0.15, -0.1) is 0 Å². The second-order valence-electron chi connectivity index (χ2n) is 5.45. The highest BCUT2D eigenvalue weighted by Gasteiger charge is 2.13. The van der Waals surface area contributed by atoms with Crippen molar-refractivity contribution in [3.8, 4) is 11.5 Å². The molecule has 2 rings (SSSR count). The Bertz CT molecular complexity index is 777. The van der Waals surface area contributed by atoms with Crippen LogP contribution in [0.25, 0.3) is 0 Å². The predicted octanol–water partition coefficient (Wildman–Crippen LogP) is 2.70. The zero-order chi connectivity index (χ0) is 18.4. The molecule has 0 bridgehead atoms. The second-order valence-corrected chi connectivity index (χ2v) is 5.45. The molecule has 2 aromatic carbocycles. The van der Waals surface area contributed by atoms with E-state index in [0.29, 0.717) is 11.5 Å². The van der Waals surface area contributed by atoms with Gasteiger partial charge in [0.1, 0.15) is 5.82 Å². The molecule has 0 radical (unpaired) electrons. The van der Waals surface area contributed by atoms with Crippen molar-refractivity contribution < 1.29 is 23.5 Å². The molecule has 7 heteroatoms. The van der Waals surface area contributed by atoms with Gasteiger partial charge in [0.25, 0.3) is 11.8 Å². The lowest BCUT2D eigenvalue weighted by atomic mass is 10.2. The molecule has 0 saturated heterocycles. The Morgan fingerprint density at radius 1 is 0.960 bits per heavy atom. The third-order valence-electron chi connectivity index (χ3n) is 3.16. The molecule has 0 aliphatic carbocycles. The number of methoxy groups -OCH3 is 1. The van der Waals surface area contributed by atoms with Crippen molar-refractivity contribution >= 4 is 11.8 Å². The van der Waals surface area contributed by atoms with Gasteiger partial charge in [0.2, 0.25) is 0 Å². The third kappa shape index (κ3) is 4.94. The average Bonchev–Trinajstić information content (AvgIpc) is 2.59. The molecule has 2 amide bonds. The molecule has 0 spiro atoms. The number of amides is 2. The minimum atomic E-state index is -0.625. The molecule has 25 heavy (non-hydrogen) atoms. The zero-order valence-corrected chi connectivity index (χ0v) is 14.1. The Balaban J connectivity index is 2.04. The molecule has 0 unspecified atom stereocenters. The Morgan fingerprint density at radius 2 is 1.60 bits per heavy atom. The van der Waals surface area contributed by atoms with E-state index >= 15 is 0 Å². The van der Waals surface area contributed by atoms with E-state index in [9.17, 15) is 14.0 Å². The first-order valence-corrected chi connectivity index (χ1v) is 7.61. The largest absolute Gasteiger partial charge is 0.493 e. The van der Waals surface area contributed by atoms with E-state index in [0.717, 1.165) is 6.07 Å². The van der Waals surface area contributed by atoms with E-state index in [1.165, 1.54) is 31.4 Å². The Morgan fingerprint density at radius 3 is 2.16 bits per heavy atom. The summed E-state index contributed by atoms with van der Waals surface area (Å²) in [7, 11) is 1.47. The summed E-state index contributed by atoms with van der Waals surface area (Å²) in [5.41, 5.74) is 4.87. The summed E-state index contributed by atoms with van der Waals surface area (Å²) in [6, 6.07) is 9.80. The smallest absolute Gasteiger partial charge is 0.269 e. The lowest BCUT2D eigenvalue weighted by Crippen LogP contribution is -2.41. The van der Waals surface area contributed by atoms with Crippen LogP contribution >= 0.6 is 0 Å². The number of benzene rings is 2. The maximum atomic E-state index is 13.1. The Kier molecular flexibility index (Phi) is 5.94. The first-order chi connectivity index (χ1) is 11.9. The molecule has 2 N–H and O–H groups in total. The number of nitrogens with one attached hydrogen (secondary N) is 2. The molecule has 0 saturated carbocycles. The zero-order valence-electron chi connectivity index (χ0n) is 14.1. The van der Waals surface area contributed by atoms with Gasteiger partial charge < -0.3 is 9.47 Å². The number of carbonyl (C=O) groups excluding carboxylic acids is 2. The SMILES string of the molecule is COc1cc(C(=O)NNC(=O)c2cccc(F)c2)ccc1OC(C)C. The fourth-order valence-corrected chi connectivity index (χ4v) is 2.05. The minimum Gasteiger partial charge on any atom is -0.493 e. The summed E-state index contributed by atoms with van der Waals surface area (Å²) in [6.07, 6.45) is -0.0425. The molecule has 0 atom stereocenters. The van der Waals surface area contributed by atoms with E-state index < -0.39 is 17.6 Å². The van der Waals surface area contributed by atoms with E-state index in [-0.39, 0.29) is 17.2 Å². The van der Waals surface area contributed by atoms with Crippen LogP contribution in [0, 0.1) is 5.82 Å². The van der Waals surface area contributed by atoms with Crippen molar-refractivity contribution in [2.45, 2.75) is 20.0 Å². The van der Waals surface area contributed by atoms with Crippen molar-refractivity contribution in [3.63, 3.8) is 0 Å². The molecule has 6 nitrogen and oxygen atoms in total. The fraction of sp³-hybridized carbons (Fsp3) is 0.222. The van der Waals surface area contributed by atoms with Crippen molar-refractivity contribution in [1.29, 1.82) is 0 Å². The Hall–Kier alpha value is -3.09. The van der Waals surface area contributed by atoms with Crippen molar-refractivity contribution in [1.82, 2.24) is 10.9 Å². The normalized spacial score (nSPS) is 10.3. The van der Waals surface area contributed by atoms with Gasteiger partial charge in [0.15, 0.2) is 11.5 Å². The number of hydrazine groups is 1. The highest BCUT2D eigenvalue weighted by atomic mass is 19.1. The topological polar surface area (TPSA) is 76.7 Å². The monoisotopic (exact) mass is 346 g/mol. The molecule has 0 heterocycles. The van der Waals surface area contributed by atoms with Crippen molar-refractivity contribution in [2.75, 3.05) is 7.11 Å². The van der Waals surface area contributed by atoms with Crippen LogP contribution < -0.4 is 20.3 Å². The van der Waals surface area contributed by atoms with Crippen LogP contribution in [0.4, 0.5) is 4.39 Å². The average molecular weight is 346 g/mol. The third-order valence-corrected chi connectivity index (χ3v) is 3.16. The van der Waals surface area contributed by atoms with Crippen LogP contribution in [0.15, 0.2) is 42.5 Å². The number of hydrogen-bond donors (Lipinski definition) is 2. The van der Waals surface area contributed by atoms with Crippen LogP contribution in [-0.4, -0.2) is 25.0 Å². The highest BCUT2D eigenvalue weighted by molar-refractivity contribution is 5.99. The van der Waals surface area contributed by atoms with Crippen LogP contribution in [0.1, 0.15) is 34.6 Å². The number of carbonyl (C=O) groups is 2. The number of ether oxygens (including phenoxy) is 2. The molecule has 0 aliphatic heterocycles. The van der Waals surface area contributed by atoms with E-state index in [4.69, 9.17) is 9.47 Å². The molecular weight excluding hydrogens is 327 g/mol. The standard InChI is InChI=1S/C18H19FN2O4/c1-11(2)25-15-8-7-13(10-16(15)24-3)18(23)21-20-17(22)12-5-4-6-14(19)9-12/h4-11H,1-3H3,(H,20,22)(H,21,23). The van der Waals surface area contributed by atoms with Gasteiger partial charge in [-0.3, -0.25) is 20.4 Å². The first kappa shape index (κ1) is 18.3. The van der Waals surface area contributed by atoms with Gasteiger partial charge in [0.05, 0.1) is 13.2 Å². The van der Waals surface area contributed by atoms with E-state index in [1.54, 1.807) is 12.1 Å². The fourth-order valence-electron chi connectivity index (χ4n) is 2.05. The molecule has 0 aromatic heterocycles. The van der Waals surface area contributed by atoms with Crippen molar-refractivity contribution in [2.24, 2.45) is 0 Å². The minimum absolute atomic E-state index is 0.0425. The summed E-state index contributed by atoms with van der Waals surface area (Å²) >= 11 is 0. The highest BCUT2D eigenvalue weighted by Crippen LogP contribution is 2.28. The summed E-state index contributed by atoms with van der Waals surface area (Å²) in [5.74, 6) is -0.793. The van der Waals surface area contributed by atoms with Crippen LogP contribution in [0.2, 0.25) is 0 Å². The molecule has 0 fully saturated rings. The number of hydrogen-bond acceptors (Lipinski definition) is 4.